The van der Waals surface area contributed by atoms with Gasteiger partial charge in [-0.1, -0.05) is 25.5 Å². The highest BCUT2D eigenvalue weighted by Gasteiger charge is 2.06. The summed E-state index contributed by atoms with van der Waals surface area (Å²) in [5, 5.41) is 0. The van der Waals surface area contributed by atoms with Crippen LogP contribution in [0.25, 0.3) is 0 Å². The predicted molar refractivity (Wildman–Crippen MR) is 46.3 cm³/mol. The average molecular weight is 150 g/mol. The highest BCUT2D eigenvalue weighted by atomic mass is 16.1. The Hall–Kier alpha value is -0.850. The lowest BCUT2D eigenvalue weighted by Gasteiger charge is -2.07. The van der Waals surface area contributed by atoms with Crippen LogP contribution in [0, 0.1) is 5.92 Å². The third-order valence-corrected chi connectivity index (χ3v) is 1.95. The van der Waals surface area contributed by atoms with Gasteiger partial charge in [0, 0.05) is 0 Å². The molecule has 1 rings (SSSR count). The second-order valence-electron chi connectivity index (χ2n) is 3.22. The molecule has 0 radical (unpaired) electrons. The van der Waals surface area contributed by atoms with Gasteiger partial charge < -0.3 is 0 Å². The van der Waals surface area contributed by atoms with Crippen molar-refractivity contribution in [3.8, 4) is 0 Å². The van der Waals surface area contributed by atoms with E-state index >= 15 is 0 Å². The summed E-state index contributed by atoms with van der Waals surface area (Å²) in [4.78, 5) is 11.0. The zero-order chi connectivity index (χ0) is 8.27. The van der Waals surface area contributed by atoms with Crippen molar-refractivity contribution in [2.24, 2.45) is 5.92 Å². The van der Waals surface area contributed by atoms with Crippen molar-refractivity contribution in [3.63, 3.8) is 0 Å². The lowest BCUT2D eigenvalue weighted by atomic mass is 9.99. The van der Waals surface area contributed by atoms with E-state index in [0.717, 1.165) is 12.8 Å². The molecule has 0 saturated heterocycles. The Kier molecular flexibility index (Phi) is 2.64. The Bertz CT molecular complexity index is 209. The quantitative estimate of drug-likeness (QED) is 0.561. The zero-order valence-electron chi connectivity index (χ0n) is 7.13. The van der Waals surface area contributed by atoms with Crippen LogP contribution in [0.5, 0.6) is 0 Å². The molecule has 0 aromatic carbocycles. The number of ketones is 1. The minimum Gasteiger partial charge on any atom is -0.290 e. The first-order valence-electron chi connectivity index (χ1n) is 4.11. The Labute approximate surface area is 67.8 Å². The normalized spacial score (nSPS) is 18.5. The molecular formula is C10H14O. The van der Waals surface area contributed by atoms with Crippen molar-refractivity contribution in [2.75, 3.05) is 0 Å². The molecule has 0 aliphatic heterocycles. The van der Waals surface area contributed by atoms with Gasteiger partial charge in [-0.2, -0.15) is 0 Å². The average Bonchev–Trinajstić information content (AvgIpc) is 2.13. The summed E-state index contributed by atoms with van der Waals surface area (Å²) in [6, 6.07) is 0. The maximum absolute atomic E-state index is 11.0. The number of hydrogen-bond acceptors (Lipinski definition) is 1. The molecule has 0 heterocycles. The molecule has 1 nitrogen and oxygen atoms in total. The van der Waals surface area contributed by atoms with Gasteiger partial charge in [-0.25, -0.2) is 0 Å². The summed E-state index contributed by atoms with van der Waals surface area (Å²) in [7, 11) is 0. The summed E-state index contributed by atoms with van der Waals surface area (Å²) in [5.41, 5.74) is 1.28. The Morgan fingerprint density at radius 2 is 2.18 bits per heavy atom. The van der Waals surface area contributed by atoms with E-state index in [1.165, 1.54) is 5.57 Å². The van der Waals surface area contributed by atoms with Crippen molar-refractivity contribution in [1.29, 1.82) is 0 Å². The molecule has 0 saturated carbocycles. The Balaban J connectivity index is 2.75. The fourth-order valence-electron chi connectivity index (χ4n) is 1.21. The molecule has 0 aromatic heterocycles. The number of carbonyl (C=O) groups is 1. The van der Waals surface area contributed by atoms with E-state index in [4.69, 9.17) is 0 Å². The molecule has 11 heavy (non-hydrogen) atoms. The van der Waals surface area contributed by atoms with Crippen molar-refractivity contribution in [2.45, 2.75) is 26.7 Å². The van der Waals surface area contributed by atoms with Gasteiger partial charge in [0.1, 0.15) is 0 Å². The molecule has 0 atom stereocenters. The number of rotatable bonds is 1. The maximum atomic E-state index is 11.0. The van der Waals surface area contributed by atoms with Crippen LogP contribution in [0.1, 0.15) is 26.7 Å². The van der Waals surface area contributed by atoms with Gasteiger partial charge in [0.05, 0.1) is 0 Å². The van der Waals surface area contributed by atoms with Crippen LogP contribution in [0.15, 0.2) is 23.8 Å². The monoisotopic (exact) mass is 150 g/mol. The van der Waals surface area contributed by atoms with E-state index in [-0.39, 0.29) is 5.78 Å². The summed E-state index contributed by atoms with van der Waals surface area (Å²) in [6.07, 6.45) is 7.44. The molecule has 0 amide bonds. The first-order chi connectivity index (χ1) is 5.20. The van der Waals surface area contributed by atoms with Gasteiger partial charge in [0.15, 0.2) is 5.78 Å². The first-order valence-corrected chi connectivity index (χ1v) is 4.11. The topological polar surface area (TPSA) is 17.1 Å². The van der Waals surface area contributed by atoms with Crippen molar-refractivity contribution in [1.82, 2.24) is 0 Å². The molecule has 0 spiro atoms. The first kappa shape index (κ1) is 8.25. The molecule has 1 heteroatoms. The van der Waals surface area contributed by atoms with E-state index in [9.17, 15) is 4.79 Å². The second kappa shape index (κ2) is 3.51. The van der Waals surface area contributed by atoms with E-state index in [1.54, 1.807) is 12.2 Å². The van der Waals surface area contributed by atoms with Crippen molar-refractivity contribution >= 4 is 5.78 Å². The Morgan fingerprint density at radius 3 is 2.82 bits per heavy atom. The lowest BCUT2D eigenvalue weighted by Crippen LogP contribution is -1.95. The second-order valence-corrected chi connectivity index (χ2v) is 3.22. The number of hydrogen-bond donors (Lipinski definition) is 0. The van der Waals surface area contributed by atoms with Gasteiger partial charge in [-0.05, 0) is 30.9 Å². The summed E-state index contributed by atoms with van der Waals surface area (Å²) in [6.45, 7) is 4.26. The van der Waals surface area contributed by atoms with Crippen LogP contribution in [0.4, 0.5) is 0 Å². The highest BCUT2D eigenvalue weighted by Crippen LogP contribution is 2.18. The van der Waals surface area contributed by atoms with Crippen LogP contribution in [0.2, 0.25) is 0 Å². The highest BCUT2D eigenvalue weighted by molar-refractivity contribution is 5.99. The minimum absolute atomic E-state index is 0.145. The van der Waals surface area contributed by atoms with Gasteiger partial charge in [0.25, 0.3) is 0 Å². The molecule has 0 fully saturated rings. The summed E-state index contributed by atoms with van der Waals surface area (Å²) >= 11 is 0. The van der Waals surface area contributed by atoms with E-state index < -0.39 is 0 Å². The minimum atomic E-state index is 0.145. The van der Waals surface area contributed by atoms with Crippen LogP contribution >= 0.6 is 0 Å². The van der Waals surface area contributed by atoms with Gasteiger partial charge in [0.2, 0.25) is 0 Å². The van der Waals surface area contributed by atoms with Gasteiger partial charge in [-0.3, -0.25) is 4.79 Å². The predicted octanol–water partition coefficient (Wildman–Crippen LogP) is 2.49. The smallest absolute Gasteiger partial charge is 0.178 e. The molecule has 0 unspecified atom stereocenters. The third kappa shape index (κ3) is 2.34. The fraction of sp³-hybridized carbons (Fsp3) is 0.500. The molecule has 1 aliphatic rings. The van der Waals surface area contributed by atoms with E-state index in [2.05, 4.69) is 13.8 Å². The molecule has 0 bridgehead atoms. The van der Waals surface area contributed by atoms with Crippen molar-refractivity contribution in [3.05, 3.63) is 23.8 Å². The van der Waals surface area contributed by atoms with E-state index in [0.29, 0.717) is 5.92 Å². The summed E-state index contributed by atoms with van der Waals surface area (Å²) < 4.78 is 0. The molecule has 0 aromatic rings. The SMILES string of the molecule is CC(C)C1=CC(=O)C=CCC1. The number of carbonyl (C=O) groups excluding carboxylic acids is 1. The fourth-order valence-corrected chi connectivity index (χ4v) is 1.21. The standard InChI is InChI=1S/C10H14O/c1-8(2)9-5-3-4-6-10(11)7-9/h4,6-8H,3,5H2,1-2H3. The van der Waals surface area contributed by atoms with Crippen LogP contribution < -0.4 is 0 Å². The van der Waals surface area contributed by atoms with Crippen LogP contribution in [-0.4, -0.2) is 5.78 Å². The van der Waals surface area contributed by atoms with Crippen LogP contribution in [-0.2, 0) is 4.79 Å². The molecular weight excluding hydrogens is 136 g/mol. The van der Waals surface area contributed by atoms with Crippen molar-refractivity contribution < 1.29 is 4.79 Å². The van der Waals surface area contributed by atoms with Crippen LogP contribution in [0.3, 0.4) is 0 Å². The van der Waals surface area contributed by atoms with Gasteiger partial charge in [-0.15, -0.1) is 0 Å². The number of allylic oxidation sites excluding steroid dienone is 4. The molecule has 0 N–H and O–H groups in total. The maximum Gasteiger partial charge on any atom is 0.178 e. The van der Waals surface area contributed by atoms with Gasteiger partial charge >= 0.3 is 0 Å². The zero-order valence-corrected chi connectivity index (χ0v) is 7.13. The molecule has 1 aliphatic carbocycles. The lowest BCUT2D eigenvalue weighted by molar-refractivity contribution is -0.110. The van der Waals surface area contributed by atoms with E-state index in [1.807, 2.05) is 6.08 Å². The third-order valence-electron chi connectivity index (χ3n) is 1.95. The Morgan fingerprint density at radius 1 is 1.45 bits per heavy atom. The molecule has 60 valence electrons. The largest absolute Gasteiger partial charge is 0.290 e. The summed E-state index contributed by atoms with van der Waals surface area (Å²) in [5.74, 6) is 0.657.